The molecule has 6 heteroatoms. The summed E-state index contributed by atoms with van der Waals surface area (Å²) in [4.78, 5) is 8.47. The molecule has 3 aromatic rings. The smallest absolute Gasteiger partial charge is 0.276 e. The summed E-state index contributed by atoms with van der Waals surface area (Å²) in [5.41, 5.74) is 9.05. The van der Waals surface area contributed by atoms with Gasteiger partial charge in [0.05, 0.1) is 11.9 Å². The molecular formula is C15H14N4O2. The molecule has 0 bridgehead atoms. The van der Waals surface area contributed by atoms with Gasteiger partial charge in [0, 0.05) is 5.56 Å². The zero-order valence-corrected chi connectivity index (χ0v) is 11.7. The van der Waals surface area contributed by atoms with Crippen LogP contribution in [0.25, 0.3) is 23.0 Å². The largest absolute Gasteiger partial charge is 0.507 e. The van der Waals surface area contributed by atoms with Gasteiger partial charge in [-0.15, -0.1) is 0 Å². The second kappa shape index (κ2) is 4.90. The fraction of sp³-hybridized carbons (Fsp3) is 0.133. The quantitative estimate of drug-likeness (QED) is 0.750. The molecule has 0 amide bonds. The summed E-state index contributed by atoms with van der Waals surface area (Å²) in [6, 6.07) is 7.07. The molecule has 1 aromatic carbocycles. The van der Waals surface area contributed by atoms with E-state index in [1.807, 2.05) is 26.0 Å². The van der Waals surface area contributed by atoms with Crippen molar-refractivity contribution in [1.82, 2.24) is 15.1 Å². The maximum atomic E-state index is 9.80. The van der Waals surface area contributed by atoms with Gasteiger partial charge in [0.25, 0.3) is 5.89 Å². The molecule has 0 saturated heterocycles. The number of rotatable bonds is 2. The van der Waals surface area contributed by atoms with E-state index in [9.17, 15) is 5.11 Å². The van der Waals surface area contributed by atoms with Crippen molar-refractivity contribution in [3.8, 4) is 28.7 Å². The van der Waals surface area contributed by atoms with Gasteiger partial charge in [0.2, 0.25) is 5.82 Å². The third-order valence-electron chi connectivity index (χ3n) is 3.18. The molecule has 3 N–H and O–H groups in total. The normalized spacial score (nSPS) is 10.8. The Hall–Kier alpha value is -2.89. The van der Waals surface area contributed by atoms with E-state index >= 15 is 0 Å². The molecule has 0 atom stereocenters. The number of nitrogens with zero attached hydrogens (tertiary/aromatic N) is 3. The molecule has 0 unspecified atom stereocenters. The predicted octanol–water partition coefficient (Wildman–Crippen LogP) is 2.70. The molecule has 0 aliphatic carbocycles. The number of nitrogen functional groups attached to an aromatic ring is 1. The van der Waals surface area contributed by atoms with Crippen LogP contribution in [0.2, 0.25) is 0 Å². The molecule has 0 aliphatic heterocycles. The molecule has 0 spiro atoms. The van der Waals surface area contributed by atoms with Crippen LogP contribution in [-0.4, -0.2) is 20.2 Å². The minimum atomic E-state index is 0.280. The molecule has 2 aromatic heterocycles. The summed E-state index contributed by atoms with van der Waals surface area (Å²) in [5.74, 6) is 1.06. The molecule has 0 radical (unpaired) electrons. The van der Waals surface area contributed by atoms with Crippen LogP contribution in [0.15, 0.2) is 35.0 Å². The Labute approximate surface area is 121 Å². The number of nitrogens with two attached hydrogens (primary N) is 1. The van der Waals surface area contributed by atoms with Crippen LogP contribution in [0.4, 0.5) is 5.69 Å². The first-order valence-corrected chi connectivity index (χ1v) is 6.41. The molecule has 3 rings (SSSR count). The Balaban J connectivity index is 2.00. The first kappa shape index (κ1) is 13.1. The number of hydrogen-bond donors (Lipinski definition) is 2. The topological polar surface area (TPSA) is 98.1 Å². The summed E-state index contributed by atoms with van der Waals surface area (Å²) in [6.45, 7) is 3.66. The Morgan fingerprint density at radius 1 is 1.14 bits per heavy atom. The average Bonchev–Trinajstić information content (AvgIpc) is 2.95. The Kier molecular flexibility index (Phi) is 3.06. The molecule has 0 saturated carbocycles. The van der Waals surface area contributed by atoms with E-state index in [0.29, 0.717) is 23.1 Å². The first-order valence-electron chi connectivity index (χ1n) is 6.41. The van der Waals surface area contributed by atoms with Crippen molar-refractivity contribution in [2.75, 3.05) is 5.73 Å². The zero-order valence-electron chi connectivity index (χ0n) is 11.7. The molecular weight excluding hydrogens is 268 g/mol. The van der Waals surface area contributed by atoms with Crippen molar-refractivity contribution < 1.29 is 9.63 Å². The molecule has 106 valence electrons. The lowest BCUT2D eigenvalue weighted by Crippen LogP contribution is -1.89. The number of pyridine rings is 1. The van der Waals surface area contributed by atoms with Gasteiger partial charge in [0.1, 0.15) is 11.4 Å². The molecule has 21 heavy (non-hydrogen) atoms. The summed E-state index contributed by atoms with van der Waals surface area (Å²) in [6.07, 6.45) is 1.54. The summed E-state index contributed by atoms with van der Waals surface area (Å²) in [5, 5.41) is 13.8. The van der Waals surface area contributed by atoms with Gasteiger partial charge in [-0.25, -0.2) is 4.98 Å². The maximum absolute atomic E-state index is 9.80. The summed E-state index contributed by atoms with van der Waals surface area (Å²) >= 11 is 0. The van der Waals surface area contributed by atoms with Gasteiger partial charge in [-0.05, 0) is 49.2 Å². The van der Waals surface area contributed by atoms with Crippen molar-refractivity contribution in [2.45, 2.75) is 13.8 Å². The van der Waals surface area contributed by atoms with Gasteiger partial charge in [-0.3, -0.25) is 0 Å². The summed E-state index contributed by atoms with van der Waals surface area (Å²) < 4.78 is 5.23. The van der Waals surface area contributed by atoms with Crippen LogP contribution in [0.5, 0.6) is 5.75 Å². The van der Waals surface area contributed by atoms with Crippen molar-refractivity contribution in [3.05, 3.63) is 41.6 Å². The lowest BCUT2D eigenvalue weighted by atomic mass is 10.1. The Bertz CT molecular complexity index is 771. The maximum Gasteiger partial charge on any atom is 0.276 e. The van der Waals surface area contributed by atoms with E-state index in [1.54, 1.807) is 12.1 Å². The van der Waals surface area contributed by atoms with Gasteiger partial charge in [-0.2, -0.15) is 4.98 Å². The van der Waals surface area contributed by atoms with Crippen LogP contribution in [0, 0.1) is 13.8 Å². The molecule has 0 fully saturated rings. The fourth-order valence-corrected chi connectivity index (χ4v) is 2.06. The van der Waals surface area contributed by atoms with Crippen molar-refractivity contribution >= 4 is 5.69 Å². The van der Waals surface area contributed by atoms with Crippen molar-refractivity contribution in [1.29, 1.82) is 0 Å². The number of hydrogen-bond acceptors (Lipinski definition) is 6. The van der Waals surface area contributed by atoms with E-state index in [1.165, 1.54) is 6.20 Å². The van der Waals surface area contributed by atoms with Crippen LogP contribution in [0.3, 0.4) is 0 Å². The number of aromatic nitrogens is 3. The standard InChI is InChI=1S/C15H14N4O2/c1-8-5-10(6-9(2)13(8)20)14-18-15(21-19-14)12-4-3-11(16)7-17-12/h3-7,20H,16H2,1-2H3. The fourth-order valence-electron chi connectivity index (χ4n) is 2.06. The van der Waals surface area contributed by atoms with E-state index < -0.39 is 0 Å². The van der Waals surface area contributed by atoms with Crippen molar-refractivity contribution in [2.24, 2.45) is 0 Å². The van der Waals surface area contributed by atoms with E-state index in [4.69, 9.17) is 10.3 Å². The minimum Gasteiger partial charge on any atom is -0.507 e. The highest BCUT2D eigenvalue weighted by Gasteiger charge is 2.13. The lowest BCUT2D eigenvalue weighted by molar-refractivity contribution is 0.431. The lowest BCUT2D eigenvalue weighted by Gasteiger charge is -2.04. The molecule has 0 aliphatic rings. The van der Waals surface area contributed by atoms with Crippen LogP contribution >= 0.6 is 0 Å². The van der Waals surface area contributed by atoms with Gasteiger partial charge < -0.3 is 15.4 Å². The third-order valence-corrected chi connectivity index (χ3v) is 3.18. The number of aryl methyl sites for hydroxylation is 2. The molecule has 6 nitrogen and oxygen atoms in total. The van der Waals surface area contributed by atoms with Gasteiger partial charge in [0.15, 0.2) is 0 Å². The first-order chi connectivity index (χ1) is 10.0. The number of benzene rings is 1. The number of aromatic hydroxyl groups is 1. The predicted molar refractivity (Wildman–Crippen MR) is 78.5 cm³/mol. The van der Waals surface area contributed by atoms with E-state index in [0.717, 1.165) is 16.7 Å². The minimum absolute atomic E-state index is 0.280. The number of phenolic OH excluding ortho intramolecular Hbond substituents is 1. The molecule has 2 heterocycles. The number of anilines is 1. The Morgan fingerprint density at radius 2 is 1.86 bits per heavy atom. The summed E-state index contributed by atoms with van der Waals surface area (Å²) in [7, 11) is 0. The highest BCUT2D eigenvalue weighted by molar-refractivity contribution is 5.62. The highest BCUT2D eigenvalue weighted by Crippen LogP contribution is 2.28. The zero-order chi connectivity index (χ0) is 15.0. The monoisotopic (exact) mass is 282 g/mol. The van der Waals surface area contributed by atoms with E-state index in [2.05, 4.69) is 15.1 Å². The van der Waals surface area contributed by atoms with Crippen LogP contribution < -0.4 is 5.73 Å². The van der Waals surface area contributed by atoms with Crippen molar-refractivity contribution in [3.63, 3.8) is 0 Å². The Morgan fingerprint density at radius 3 is 2.48 bits per heavy atom. The second-order valence-electron chi connectivity index (χ2n) is 4.86. The van der Waals surface area contributed by atoms with Gasteiger partial charge in [-0.1, -0.05) is 5.16 Å². The van der Waals surface area contributed by atoms with E-state index in [-0.39, 0.29) is 5.75 Å². The third kappa shape index (κ3) is 2.43. The van der Waals surface area contributed by atoms with Crippen LogP contribution in [-0.2, 0) is 0 Å². The SMILES string of the molecule is Cc1cc(-c2noc(-c3ccc(N)cn3)n2)cc(C)c1O. The number of phenols is 1. The average molecular weight is 282 g/mol. The highest BCUT2D eigenvalue weighted by atomic mass is 16.5. The van der Waals surface area contributed by atoms with Crippen LogP contribution in [0.1, 0.15) is 11.1 Å². The second-order valence-corrected chi connectivity index (χ2v) is 4.86. The van der Waals surface area contributed by atoms with Gasteiger partial charge >= 0.3 is 0 Å².